The lowest BCUT2D eigenvalue weighted by molar-refractivity contribution is -0.149. The van der Waals surface area contributed by atoms with Gasteiger partial charge in [-0.05, 0) is 77.2 Å². The standard InChI is InChI=1S/C40H53F2N5O9S/c1-7-24-18-23(2)12-8-9-13-25-20-40(25,36(50)45-57(53,54)39(5)16-17-39)44-32(48)29-19-26(56-33-28-15-11-10-14-27(28)30(55-6)21-43-33)22-46(29)34(49)31(24)47(37(51)52)38(3,4)35(41)42/h9-11,13-15,21,23-26,29,31,35H,7-8,12,16-20,22H2,1-6H3,(H,44,48)(H,45,50)(H,51,52)/b13-9-/t23-,24+,25+,26+,29-,31-,40+/m0/s1. The highest BCUT2D eigenvalue weighted by Gasteiger charge is 2.63. The molecular formula is C40H53F2N5O9S. The minimum atomic E-state index is -4.08. The molecule has 57 heavy (non-hydrogen) atoms. The highest BCUT2D eigenvalue weighted by Crippen LogP contribution is 2.48. The first-order valence-corrected chi connectivity index (χ1v) is 21.0. The number of ether oxygens (including phenoxy) is 2. The van der Waals surface area contributed by atoms with Gasteiger partial charge in [-0.3, -0.25) is 24.0 Å². The lowest BCUT2D eigenvalue weighted by Gasteiger charge is -2.45. The second-order valence-electron chi connectivity index (χ2n) is 16.9. The number of carbonyl (C=O) groups excluding carboxylic acids is 3. The molecule has 14 nitrogen and oxygen atoms in total. The molecule has 0 radical (unpaired) electrons. The number of nitrogens with one attached hydrogen (secondary N) is 2. The number of hydrogen-bond donors (Lipinski definition) is 3. The maximum atomic E-state index is 15.1. The van der Waals surface area contributed by atoms with E-state index in [-0.39, 0.29) is 37.6 Å². The fourth-order valence-corrected chi connectivity index (χ4v) is 9.62. The fourth-order valence-electron chi connectivity index (χ4n) is 8.31. The largest absolute Gasteiger partial charge is 0.494 e. The van der Waals surface area contributed by atoms with Crippen molar-refractivity contribution in [3.63, 3.8) is 0 Å². The number of methoxy groups -OCH3 is 1. The number of hydrogen-bond acceptors (Lipinski definition) is 9. The molecule has 2 aliphatic heterocycles. The number of carboxylic acid groups (broad SMARTS) is 1. The number of nitrogens with zero attached hydrogens (tertiary/aromatic N) is 3. The van der Waals surface area contributed by atoms with Gasteiger partial charge in [-0.2, -0.15) is 0 Å². The molecule has 0 bridgehead atoms. The topological polar surface area (TPSA) is 185 Å². The van der Waals surface area contributed by atoms with Crippen LogP contribution in [0.5, 0.6) is 11.6 Å². The molecule has 4 amide bonds. The Morgan fingerprint density at radius 2 is 1.86 bits per heavy atom. The number of benzene rings is 1. The zero-order valence-electron chi connectivity index (χ0n) is 33.2. The molecule has 1 aromatic carbocycles. The second kappa shape index (κ2) is 15.7. The first-order chi connectivity index (χ1) is 26.8. The van der Waals surface area contributed by atoms with E-state index >= 15 is 4.79 Å². The Kier molecular flexibility index (Phi) is 11.6. The van der Waals surface area contributed by atoms with E-state index in [2.05, 4.69) is 15.0 Å². The predicted octanol–water partition coefficient (Wildman–Crippen LogP) is 5.26. The van der Waals surface area contributed by atoms with E-state index in [4.69, 9.17) is 9.47 Å². The molecule has 3 heterocycles. The Balaban J connectivity index is 1.43. The minimum absolute atomic E-state index is 0.0818. The van der Waals surface area contributed by atoms with Crippen LogP contribution in [0.1, 0.15) is 86.0 Å². The highest BCUT2D eigenvalue weighted by molar-refractivity contribution is 7.91. The normalized spacial score (nSPS) is 29.6. The van der Waals surface area contributed by atoms with Crippen LogP contribution in [0.4, 0.5) is 13.6 Å². The number of aromatic nitrogens is 1. The Morgan fingerprint density at radius 3 is 2.47 bits per heavy atom. The molecule has 2 saturated carbocycles. The number of rotatable bonds is 10. The molecule has 6 rings (SSSR count). The number of alkyl halides is 2. The van der Waals surface area contributed by atoms with Gasteiger partial charge < -0.3 is 24.8 Å². The smallest absolute Gasteiger partial charge is 0.408 e. The predicted molar refractivity (Wildman–Crippen MR) is 206 cm³/mol. The molecular weight excluding hydrogens is 765 g/mol. The van der Waals surface area contributed by atoms with Crippen molar-refractivity contribution in [3.8, 4) is 11.6 Å². The molecule has 1 saturated heterocycles. The van der Waals surface area contributed by atoms with Gasteiger partial charge in [0.1, 0.15) is 35.0 Å². The number of sulfonamides is 1. The van der Waals surface area contributed by atoms with E-state index < -0.39 is 86.1 Å². The number of amides is 4. The summed E-state index contributed by atoms with van der Waals surface area (Å²) in [6.07, 6.45) is 1.78. The van der Waals surface area contributed by atoms with Crippen LogP contribution < -0.4 is 19.5 Å². The third-order valence-corrected chi connectivity index (χ3v) is 14.6. The van der Waals surface area contributed by atoms with Crippen molar-refractivity contribution in [1.29, 1.82) is 0 Å². The molecule has 17 heteroatoms. The van der Waals surface area contributed by atoms with Crippen molar-refractivity contribution in [2.45, 2.75) is 126 Å². The quantitative estimate of drug-likeness (QED) is 0.268. The molecule has 2 aromatic rings. The van der Waals surface area contributed by atoms with Gasteiger partial charge in [0.25, 0.3) is 12.3 Å². The van der Waals surface area contributed by atoms with Crippen LogP contribution in [0.15, 0.2) is 42.6 Å². The van der Waals surface area contributed by atoms with Crippen LogP contribution in [-0.4, -0.2) is 106 Å². The lowest BCUT2D eigenvalue weighted by atomic mass is 9.82. The highest BCUT2D eigenvalue weighted by atomic mass is 32.2. The molecule has 1 aromatic heterocycles. The molecule has 0 spiro atoms. The van der Waals surface area contributed by atoms with Gasteiger partial charge in [0, 0.05) is 23.1 Å². The van der Waals surface area contributed by atoms with Crippen molar-refractivity contribution in [2.75, 3.05) is 13.7 Å². The number of halogens is 2. The van der Waals surface area contributed by atoms with Gasteiger partial charge in [0.05, 0.1) is 24.6 Å². The zero-order chi connectivity index (χ0) is 41.7. The molecule has 3 N–H and O–H groups in total. The third-order valence-electron chi connectivity index (χ3n) is 12.4. The maximum absolute atomic E-state index is 15.1. The first-order valence-electron chi connectivity index (χ1n) is 19.5. The molecule has 2 aliphatic carbocycles. The zero-order valence-corrected chi connectivity index (χ0v) is 34.0. The number of allylic oxidation sites excluding steroid dienone is 1. The minimum Gasteiger partial charge on any atom is -0.494 e. The van der Waals surface area contributed by atoms with Crippen molar-refractivity contribution in [2.24, 2.45) is 17.8 Å². The average molecular weight is 818 g/mol. The van der Waals surface area contributed by atoms with Crippen molar-refractivity contribution in [3.05, 3.63) is 42.6 Å². The summed E-state index contributed by atoms with van der Waals surface area (Å²) in [6.45, 7) is 7.15. The Hall–Kier alpha value is -4.54. The molecule has 3 fully saturated rings. The molecule has 0 unspecified atom stereocenters. The molecule has 4 aliphatic rings. The summed E-state index contributed by atoms with van der Waals surface area (Å²) in [4.78, 5) is 62.9. The van der Waals surface area contributed by atoms with Crippen molar-refractivity contribution >= 4 is 44.6 Å². The molecule has 7 atom stereocenters. The van der Waals surface area contributed by atoms with Gasteiger partial charge in [0.15, 0.2) is 0 Å². The van der Waals surface area contributed by atoms with Gasteiger partial charge in [-0.15, -0.1) is 0 Å². The Bertz CT molecular complexity index is 2040. The third kappa shape index (κ3) is 8.00. The monoisotopic (exact) mass is 817 g/mol. The van der Waals surface area contributed by atoms with E-state index in [0.29, 0.717) is 53.5 Å². The van der Waals surface area contributed by atoms with Gasteiger partial charge in [-0.1, -0.05) is 50.6 Å². The average Bonchev–Trinajstić information content (AvgIpc) is 4.04. The summed E-state index contributed by atoms with van der Waals surface area (Å²) < 4.78 is 68.9. The van der Waals surface area contributed by atoms with Crippen LogP contribution in [0.3, 0.4) is 0 Å². The van der Waals surface area contributed by atoms with Crippen molar-refractivity contribution in [1.82, 2.24) is 24.8 Å². The van der Waals surface area contributed by atoms with Crippen LogP contribution in [0.25, 0.3) is 10.8 Å². The first kappa shape index (κ1) is 42.1. The van der Waals surface area contributed by atoms with E-state index in [0.717, 1.165) is 13.8 Å². The van der Waals surface area contributed by atoms with Crippen LogP contribution in [-0.2, 0) is 24.4 Å². The summed E-state index contributed by atoms with van der Waals surface area (Å²) in [5.74, 6) is -3.24. The van der Waals surface area contributed by atoms with Crippen molar-refractivity contribution < 1.29 is 51.0 Å². The van der Waals surface area contributed by atoms with E-state index in [1.807, 2.05) is 25.1 Å². The van der Waals surface area contributed by atoms with Crippen LogP contribution in [0, 0.1) is 17.8 Å². The SMILES string of the molecule is CC[C@@H]1C[C@@H](C)CC/C=C\[C@@H]2C[C@@]2(C(=O)NS(=O)(=O)C2(C)CC2)NC(=O)[C@@H]2C[C@@H](Oc3ncc(OC)c4ccccc34)CN2C(=O)[C@H]1N(C(=O)O)C(C)(C)C(F)F. The van der Waals surface area contributed by atoms with E-state index in [1.165, 1.54) is 18.2 Å². The van der Waals surface area contributed by atoms with Crippen LogP contribution >= 0.6 is 0 Å². The summed E-state index contributed by atoms with van der Waals surface area (Å²) in [5.41, 5.74) is -3.96. The summed E-state index contributed by atoms with van der Waals surface area (Å²) >= 11 is 0. The molecule has 312 valence electrons. The number of fused-ring (bicyclic) bond motifs is 3. The van der Waals surface area contributed by atoms with Crippen LogP contribution in [0.2, 0.25) is 0 Å². The van der Waals surface area contributed by atoms with Gasteiger partial charge in [0.2, 0.25) is 27.7 Å². The number of carbonyl (C=O) groups is 4. The maximum Gasteiger partial charge on any atom is 0.408 e. The Morgan fingerprint density at radius 1 is 1.18 bits per heavy atom. The fraction of sp³-hybridized carbons (Fsp3) is 0.625. The van der Waals surface area contributed by atoms with E-state index in [1.54, 1.807) is 32.1 Å². The van der Waals surface area contributed by atoms with Gasteiger partial charge >= 0.3 is 6.09 Å². The van der Waals surface area contributed by atoms with E-state index in [9.17, 15) is 36.7 Å². The van der Waals surface area contributed by atoms with Gasteiger partial charge in [-0.25, -0.2) is 27.0 Å². The number of pyridine rings is 1. The Labute approximate surface area is 331 Å². The second-order valence-corrected chi connectivity index (χ2v) is 19.1. The lowest BCUT2D eigenvalue weighted by Crippen LogP contribution is -2.65. The summed E-state index contributed by atoms with van der Waals surface area (Å²) in [6, 6.07) is 4.19. The summed E-state index contributed by atoms with van der Waals surface area (Å²) in [7, 11) is -2.58. The summed E-state index contributed by atoms with van der Waals surface area (Å²) in [5, 5.41) is 14.7.